The van der Waals surface area contributed by atoms with E-state index in [1.807, 2.05) is 6.92 Å². The summed E-state index contributed by atoms with van der Waals surface area (Å²) in [4.78, 5) is 0. The van der Waals surface area contributed by atoms with Crippen LogP contribution in [0.3, 0.4) is 0 Å². The monoisotopic (exact) mass is 957 g/mol. The van der Waals surface area contributed by atoms with Crippen LogP contribution in [0.15, 0.2) is 0 Å². The molecule has 1 fully saturated rings. The number of unbranched alkanes of at least 4 members (excludes halogenated alkanes) is 1. The van der Waals surface area contributed by atoms with Crippen molar-refractivity contribution >= 4 is 0 Å². The maximum atomic E-state index is 12.4. The van der Waals surface area contributed by atoms with Gasteiger partial charge in [-0.1, -0.05) is 172 Å². The molecule has 0 saturated heterocycles. The molecule has 0 heterocycles. The smallest absolute Gasteiger partial charge is 0.207 e. The van der Waals surface area contributed by atoms with Crippen molar-refractivity contribution in [2.45, 2.75) is 254 Å². The van der Waals surface area contributed by atoms with Gasteiger partial charge in [-0.3, -0.25) is 0 Å². The maximum absolute atomic E-state index is 12.4. The Labute approximate surface area is 369 Å². The van der Waals surface area contributed by atoms with Gasteiger partial charge in [0, 0.05) is 25.2 Å². The van der Waals surface area contributed by atoms with Gasteiger partial charge in [-0.25, -0.2) is 8.78 Å². The van der Waals surface area contributed by atoms with Crippen LogP contribution in [0, 0.1) is 40.9 Å². The zero-order valence-corrected chi connectivity index (χ0v) is 38.9. The van der Waals surface area contributed by atoms with Crippen LogP contribution < -0.4 is 0 Å². The summed E-state index contributed by atoms with van der Waals surface area (Å²) < 4.78 is 198. The molecule has 392 valence electrons. The highest BCUT2D eigenvalue weighted by atomic mass is 19.4. The zero-order valence-electron chi connectivity index (χ0n) is 38.9. The molecule has 1 rings (SSSR count). The van der Waals surface area contributed by atoms with Gasteiger partial charge in [-0.15, -0.1) is 0 Å². The molecule has 0 amide bonds. The average molecular weight is 957 g/mol. The van der Waals surface area contributed by atoms with Crippen molar-refractivity contribution in [3.63, 3.8) is 0 Å². The van der Waals surface area contributed by atoms with Crippen molar-refractivity contribution in [2.75, 3.05) is 0 Å². The standard InChI is InChI=1S/C7H13F3.C7H12F2.C6H8F6.C5H9F3.C5H12.C4H7F3.2C4H10.3CH4/c1-4-6(2,3)5-7(8,9)10;1-6-2-4-7(8,9)5-3-6;1-2-3-4(5(7,8)9)6(10,11)12;1-3-4(2)5(6,7)8;1-4-5(2)3;1-3(2)4(5,6)7;1-4(2)3;1-3-4-2;;;/h4-5H2,1-3H3;6H,2-5H2,1H3;4H,2-3H2,1H3;4H,3H2,1-2H3;5H,4H2,1-3H3;3H,1-2H3;4H,1-3H3;3-4H2,1-2H3;3*1H4. The minimum absolute atomic E-state index is 0. The van der Waals surface area contributed by atoms with Crippen molar-refractivity contribution in [3.8, 4) is 0 Å². The quantitative estimate of drug-likeness (QED) is 0.223. The number of rotatable bonds is 7. The van der Waals surface area contributed by atoms with Gasteiger partial charge in [0.05, 0.1) is 5.92 Å². The van der Waals surface area contributed by atoms with Crippen LogP contribution in [0.25, 0.3) is 0 Å². The highest BCUT2D eigenvalue weighted by molar-refractivity contribution is 4.75. The summed E-state index contributed by atoms with van der Waals surface area (Å²) in [5, 5.41) is 0. The summed E-state index contributed by atoms with van der Waals surface area (Å²) in [6.07, 6.45) is -17.8. The third-order valence-electron chi connectivity index (χ3n) is 8.15. The Morgan fingerprint density at radius 1 is 0.516 bits per heavy atom. The molecule has 0 aromatic heterocycles. The molecule has 0 N–H and O–H groups in total. The van der Waals surface area contributed by atoms with Gasteiger partial charge in [-0.2, -0.15) is 65.9 Å². The lowest BCUT2D eigenvalue weighted by Crippen LogP contribution is -2.36. The van der Waals surface area contributed by atoms with Gasteiger partial charge < -0.3 is 0 Å². The van der Waals surface area contributed by atoms with Crippen molar-refractivity contribution in [2.24, 2.45) is 40.9 Å². The predicted molar refractivity (Wildman–Crippen MR) is 231 cm³/mol. The van der Waals surface area contributed by atoms with Gasteiger partial charge in [-0.05, 0) is 48.9 Å². The fourth-order valence-electron chi connectivity index (χ4n) is 2.89. The molecule has 0 aliphatic heterocycles. The van der Waals surface area contributed by atoms with Crippen molar-refractivity contribution in [1.29, 1.82) is 0 Å². The molecule has 17 heteroatoms. The van der Waals surface area contributed by atoms with E-state index in [0.29, 0.717) is 25.2 Å². The van der Waals surface area contributed by atoms with Gasteiger partial charge in [0.2, 0.25) is 5.92 Å². The number of alkyl halides is 17. The molecule has 1 aliphatic carbocycles. The molecule has 0 radical (unpaired) electrons. The fraction of sp³-hybridized carbons (Fsp3) is 1.00. The number of hydrogen-bond acceptors (Lipinski definition) is 0. The second-order valence-electron chi connectivity index (χ2n) is 16.9. The average Bonchev–Trinajstić information content (AvgIpc) is 3.03. The van der Waals surface area contributed by atoms with Gasteiger partial charge in [0.1, 0.15) is 0 Å². The van der Waals surface area contributed by atoms with Crippen LogP contribution in [-0.4, -0.2) is 36.8 Å². The molecule has 1 aliphatic rings. The second kappa shape index (κ2) is 41.3. The van der Waals surface area contributed by atoms with E-state index in [9.17, 15) is 74.6 Å². The van der Waals surface area contributed by atoms with E-state index >= 15 is 0 Å². The Bertz CT molecular complexity index is 851. The lowest BCUT2D eigenvalue weighted by molar-refractivity contribution is -0.285. The molecule has 0 bridgehead atoms. The molecule has 62 heavy (non-hydrogen) atoms. The molecular weight excluding hydrogens is 863 g/mol. The lowest BCUT2D eigenvalue weighted by atomic mass is 9.86. The van der Waals surface area contributed by atoms with E-state index in [2.05, 4.69) is 55.4 Å². The normalized spacial score (nSPS) is 14.4. The first-order valence-electron chi connectivity index (χ1n) is 20.6. The first-order valence-corrected chi connectivity index (χ1v) is 20.6. The van der Waals surface area contributed by atoms with Gasteiger partial charge >= 0.3 is 30.9 Å². The lowest BCUT2D eigenvalue weighted by Gasteiger charge is -2.25. The van der Waals surface area contributed by atoms with E-state index < -0.39 is 72.8 Å². The summed E-state index contributed by atoms with van der Waals surface area (Å²) in [5.41, 5.74) is -0.599. The minimum atomic E-state index is -5.17. The summed E-state index contributed by atoms with van der Waals surface area (Å²) in [6.45, 7) is 30.8. The molecule has 0 spiro atoms. The SMILES string of the molecule is C.C.C.CC(C)C.CC(C)C(F)(F)F.CC1CCC(F)(F)CC1.CCC(C)(C)CC(F)(F)F.CCC(C)C.CCC(C)C(F)(F)F.CCCC.CCCC(C(F)(F)F)C(F)(F)F. The molecular formula is C45H93F17. The van der Waals surface area contributed by atoms with E-state index in [4.69, 9.17) is 0 Å². The first-order chi connectivity index (χ1) is 25.9. The maximum Gasteiger partial charge on any atom is 0.400 e. The van der Waals surface area contributed by atoms with Crippen molar-refractivity contribution < 1.29 is 74.6 Å². The molecule has 1 atom stereocenters. The largest absolute Gasteiger partial charge is 0.400 e. The fourth-order valence-corrected chi connectivity index (χ4v) is 2.89. The number of hydrogen-bond donors (Lipinski definition) is 0. The van der Waals surface area contributed by atoms with Crippen molar-refractivity contribution in [1.82, 2.24) is 0 Å². The van der Waals surface area contributed by atoms with Gasteiger partial charge in [0.15, 0.2) is 5.92 Å². The Hall–Kier alpha value is -1.19. The van der Waals surface area contributed by atoms with Crippen molar-refractivity contribution in [3.05, 3.63) is 0 Å². The Kier molecular flexibility index (Phi) is 56.1. The van der Waals surface area contributed by atoms with E-state index in [0.717, 1.165) is 25.7 Å². The molecule has 1 unspecified atom stereocenters. The van der Waals surface area contributed by atoms with Crippen LogP contribution in [0.4, 0.5) is 74.6 Å². The second-order valence-corrected chi connectivity index (χ2v) is 16.9. The van der Waals surface area contributed by atoms with E-state index in [-0.39, 0.29) is 48.0 Å². The van der Waals surface area contributed by atoms with Crippen LogP contribution >= 0.6 is 0 Å². The molecule has 0 aromatic carbocycles. The highest BCUT2D eigenvalue weighted by Gasteiger charge is 2.55. The number of halogens is 17. The zero-order chi connectivity index (χ0) is 49.4. The summed E-state index contributed by atoms with van der Waals surface area (Å²) in [7, 11) is 0. The minimum Gasteiger partial charge on any atom is -0.207 e. The van der Waals surface area contributed by atoms with Crippen LogP contribution in [0.2, 0.25) is 0 Å². The summed E-state index contributed by atoms with van der Waals surface area (Å²) in [5.74, 6) is -5.63. The third-order valence-corrected chi connectivity index (χ3v) is 8.15. The Balaban J connectivity index is -0.0000000634. The van der Waals surface area contributed by atoms with Crippen LogP contribution in [0.1, 0.15) is 217 Å². The molecule has 0 nitrogen and oxygen atoms in total. The first kappa shape index (κ1) is 84.3. The third kappa shape index (κ3) is 73.2. The molecule has 1 saturated carbocycles. The topological polar surface area (TPSA) is 0 Å². The highest BCUT2D eigenvalue weighted by Crippen LogP contribution is 2.42. The van der Waals surface area contributed by atoms with Crippen LogP contribution in [0.5, 0.6) is 0 Å². The Morgan fingerprint density at radius 3 is 0.887 bits per heavy atom. The predicted octanol–water partition coefficient (Wildman–Crippen LogP) is 22.0. The Morgan fingerprint density at radius 2 is 0.806 bits per heavy atom. The van der Waals surface area contributed by atoms with Crippen LogP contribution in [-0.2, 0) is 0 Å². The summed E-state index contributed by atoms with van der Waals surface area (Å²) >= 11 is 0. The summed E-state index contributed by atoms with van der Waals surface area (Å²) in [6, 6.07) is 0. The van der Waals surface area contributed by atoms with E-state index in [1.165, 1.54) is 40.0 Å². The van der Waals surface area contributed by atoms with Gasteiger partial charge in [0.25, 0.3) is 0 Å². The molecule has 0 aromatic rings. The van der Waals surface area contributed by atoms with E-state index in [1.54, 1.807) is 20.8 Å².